The first kappa shape index (κ1) is 16.3. The highest BCUT2D eigenvalue weighted by atomic mass is 79.9. The van der Waals surface area contributed by atoms with Crippen LogP contribution in [0.4, 0.5) is 17.6 Å². The average Bonchev–Trinajstić information content (AvgIpc) is 2.41. The van der Waals surface area contributed by atoms with Crippen LogP contribution in [0.3, 0.4) is 0 Å². The Hall–Kier alpha value is -1.11. The van der Waals surface area contributed by atoms with Gasteiger partial charge in [-0.3, -0.25) is 4.79 Å². The van der Waals surface area contributed by atoms with E-state index >= 15 is 0 Å². The summed E-state index contributed by atoms with van der Waals surface area (Å²) in [6.07, 6.45) is -4.39. The van der Waals surface area contributed by atoms with Crippen molar-refractivity contribution in [2.75, 3.05) is 13.1 Å². The number of aryl methyl sites for hydroxylation is 1. The Bertz CT molecular complexity index is 551. The van der Waals surface area contributed by atoms with Crippen molar-refractivity contribution in [2.45, 2.75) is 25.9 Å². The number of alkyl halides is 3. The molecule has 1 fully saturated rings. The number of amides is 1. The summed E-state index contributed by atoms with van der Waals surface area (Å²) in [6, 6.07) is 2.61. The Balaban J connectivity index is 2.11. The molecule has 2 rings (SSSR count). The highest BCUT2D eigenvalue weighted by Gasteiger charge is 2.41. The lowest BCUT2D eigenvalue weighted by molar-refractivity contribution is -0.183. The molecule has 1 aliphatic rings. The van der Waals surface area contributed by atoms with Crippen molar-refractivity contribution in [1.82, 2.24) is 4.90 Å². The minimum atomic E-state index is -4.21. The second kappa shape index (κ2) is 5.94. The van der Waals surface area contributed by atoms with Gasteiger partial charge in [-0.1, -0.05) is 0 Å². The molecule has 0 aliphatic carbocycles. The van der Waals surface area contributed by atoms with Crippen LogP contribution >= 0.6 is 15.9 Å². The number of nitrogens with zero attached hydrogens (tertiary/aromatic N) is 1. The standard InChI is InChI=1S/C14H14BrF4NO/c1-8-6-10(11(15)7-12(8)16)13(21)20-4-2-9(3-5-20)14(17,18)19/h6-7,9H,2-5H2,1H3. The maximum Gasteiger partial charge on any atom is 0.391 e. The molecule has 1 aromatic rings. The topological polar surface area (TPSA) is 20.3 Å². The Kier molecular flexibility index (Phi) is 4.60. The molecular weight excluding hydrogens is 354 g/mol. The van der Waals surface area contributed by atoms with Crippen molar-refractivity contribution in [3.05, 3.63) is 33.5 Å². The number of benzene rings is 1. The maximum absolute atomic E-state index is 13.4. The van der Waals surface area contributed by atoms with E-state index in [9.17, 15) is 22.4 Å². The third-order valence-electron chi connectivity index (χ3n) is 3.72. The summed E-state index contributed by atoms with van der Waals surface area (Å²) in [5.41, 5.74) is 0.603. The Morgan fingerprint density at radius 3 is 2.38 bits per heavy atom. The predicted octanol–water partition coefficient (Wildman–Crippen LogP) is 4.31. The number of carbonyl (C=O) groups is 1. The van der Waals surface area contributed by atoms with Crippen molar-refractivity contribution >= 4 is 21.8 Å². The molecule has 21 heavy (non-hydrogen) atoms. The van der Waals surface area contributed by atoms with Gasteiger partial charge in [-0.2, -0.15) is 13.2 Å². The average molecular weight is 368 g/mol. The molecule has 2 nitrogen and oxygen atoms in total. The third kappa shape index (κ3) is 3.56. The van der Waals surface area contributed by atoms with E-state index in [1.54, 1.807) is 0 Å². The van der Waals surface area contributed by atoms with E-state index in [0.29, 0.717) is 10.0 Å². The van der Waals surface area contributed by atoms with Crippen molar-refractivity contribution in [1.29, 1.82) is 0 Å². The zero-order valence-electron chi connectivity index (χ0n) is 11.3. The van der Waals surface area contributed by atoms with E-state index in [4.69, 9.17) is 0 Å². The van der Waals surface area contributed by atoms with E-state index < -0.39 is 17.9 Å². The number of carbonyl (C=O) groups excluding carboxylic acids is 1. The van der Waals surface area contributed by atoms with Gasteiger partial charge in [0.15, 0.2) is 0 Å². The largest absolute Gasteiger partial charge is 0.391 e. The Labute approximate surface area is 128 Å². The quantitative estimate of drug-likeness (QED) is 0.677. The van der Waals surface area contributed by atoms with Crippen molar-refractivity contribution in [3.63, 3.8) is 0 Å². The fourth-order valence-electron chi connectivity index (χ4n) is 2.40. The molecule has 1 heterocycles. The van der Waals surface area contributed by atoms with E-state index in [1.165, 1.54) is 24.0 Å². The summed E-state index contributed by atoms with van der Waals surface area (Å²) in [7, 11) is 0. The number of hydrogen-bond acceptors (Lipinski definition) is 1. The van der Waals surface area contributed by atoms with Crippen LogP contribution in [-0.2, 0) is 0 Å². The van der Waals surface area contributed by atoms with Gasteiger partial charge in [0.2, 0.25) is 0 Å². The lowest BCUT2D eigenvalue weighted by Gasteiger charge is -2.33. The van der Waals surface area contributed by atoms with Crippen LogP contribution in [0.2, 0.25) is 0 Å². The number of halogens is 5. The summed E-state index contributed by atoms with van der Waals surface area (Å²) in [6.45, 7) is 1.66. The molecule has 116 valence electrons. The van der Waals surface area contributed by atoms with E-state index in [-0.39, 0.29) is 37.4 Å². The lowest BCUT2D eigenvalue weighted by atomic mass is 9.95. The van der Waals surface area contributed by atoms with E-state index in [1.807, 2.05) is 0 Å². The second-order valence-electron chi connectivity index (χ2n) is 5.19. The molecule has 1 amide bonds. The van der Waals surface area contributed by atoms with Crippen LogP contribution in [0.1, 0.15) is 28.8 Å². The Morgan fingerprint density at radius 2 is 1.86 bits per heavy atom. The number of piperidine rings is 1. The van der Waals surface area contributed by atoms with E-state index in [0.717, 1.165) is 0 Å². The molecule has 0 unspecified atom stereocenters. The number of likely N-dealkylation sites (tertiary alicyclic amines) is 1. The Morgan fingerprint density at radius 1 is 1.29 bits per heavy atom. The van der Waals surface area contributed by atoms with Crippen LogP contribution in [0, 0.1) is 18.7 Å². The van der Waals surface area contributed by atoms with Gasteiger partial charge < -0.3 is 4.90 Å². The SMILES string of the molecule is Cc1cc(C(=O)N2CCC(C(F)(F)F)CC2)c(Br)cc1F. The van der Waals surface area contributed by atoms with Crippen molar-refractivity contribution in [3.8, 4) is 0 Å². The molecule has 1 aliphatic heterocycles. The molecule has 0 radical (unpaired) electrons. The summed E-state index contributed by atoms with van der Waals surface area (Å²) in [5.74, 6) is -2.15. The predicted molar refractivity (Wildman–Crippen MR) is 73.5 cm³/mol. The van der Waals surface area contributed by atoms with Gasteiger partial charge in [-0.15, -0.1) is 0 Å². The normalized spacial score (nSPS) is 17.1. The van der Waals surface area contributed by atoms with Gasteiger partial charge in [-0.25, -0.2) is 4.39 Å². The van der Waals surface area contributed by atoms with Crippen LogP contribution in [0.15, 0.2) is 16.6 Å². The summed E-state index contributed by atoms with van der Waals surface area (Å²) in [4.78, 5) is 13.7. The highest BCUT2D eigenvalue weighted by molar-refractivity contribution is 9.10. The molecule has 0 atom stereocenters. The molecule has 1 aromatic carbocycles. The van der Waals surface area contributed by atoms with Crippen molar-refractivity contribution < 1.29 is 22.4 Å². The summed E-state index contributed by atoms with van der Waals surface area (Å²) >= 11 is 3.12. The first-order valence-electron chi connectivity index (χ1n) is 6.51. The smallest absolute Gasteiger partial charge is 0.339 e. The van der Waals surface area contributed by atoms with Gasteiger partial charge in [0.1, 0.15) is 5.82 Å². The van der Waals surface area contributed by atoms with E-state index in [2.05, 4.69) is 15.9 Å². The summed E-state index contributed by atoms with van der Waals surface area (Å²) in [5, 5.41) is 0. The first-order valence-corrected chi connectivity index (χ1v) is 7.31. The summed E-state index contributed by atoms with van der Waals surface area (Å²) < 4.78 is 51.5. The van der Waals surface area contributed by atoms with Gasteiger partial charge in [0.05, 0.1) is 11.5 Å². The minimum Gasteiger partial charge on any atom is -0.339 e. The first-order chi connectivity index (χ1) is 9.70. The fourth-order valence-corrected chi connectivity index (χ4v) is 2.89. The molecule has 0 aromatic heterocycles. The monoisotopic (exact) mass is 367 g/mol. The lowest BCUT2D eigenvalue weighted by Crippen LogP contribution is -2.42. The number of rotatable bonds is 1. The van der Waals surface area contributed by atoms with Crippen LogP contribution < -0.4 is 0 Å². The molecule has 0 N–H and O–H groups in total. The van der Waals surface area contributed by atoms with Crippen LogP contribution in [0.5, 0.6) is 0 Å². The number of hydrogen-bond donors (Lipinski definition) is 0. The minimum absolute atomic E-state index is 0.0614. The highest BCUT2D eigenvalue weighted by Crippen LogP contribution is 2.34. The van der Waals surface area contributed by atoms with Gasteiger partial charge in [-0.05, 0) is 53.4 Å². The van der Waals surface area contributed by atoms with Crippen LogP contribution in [0.25, 0.3) is 0 Å². The zero-order chi connectivity index (χ0) is 15.8. The molecule has 0 saturated carbocycles. The molecule has 0 bridgehead atoms. The van der Waals surface area contributed by atoms with Gasteiger partial charge in [0, 0.05) is 17.6 Å². The van der Waals surface area contributed by atoms with Gasteiger partial charge >= 0.3 is 6.18 Å². The second-order valence-corrected chi connectivity index (χ2v) is 6.04. The third-order valence-corrected chi connectivity index (χ3v) is 4.38. The zero-order valence-corrected chi connectivity index (χ0v) is 12.9. The molecule has 7 heteroatoms. The van der Waals surface area contributed by atoms with Crippen molar-refractivity contribution in [2.24, 2.45) is 5.92 Å². The molecule has 1 saturated heterocycles. The molecule has 0 spiro atoms. The molecular formula is C14H14BrF4NO. The van der Waals surface area contributed by atoms with Crippen LogP contribution in [-0.4, -0.2) is 30.1 Å². The maximum atomic E-state index is 13.4. The van der Waals surface area contributed by atoms with Gasteiger partial charge in [0.25, 0.3) is 5.91 Å². The fraction of sp³-hybridized carbons (Fsp3) is 0.500.